The van der Waals surface area contributed by atoms with E-state index >= 15 is 0 Å². The summed E-state index contributed by atoms with van der Waals surface area (Å²) in [7, 11) is 0. The highest BCUT2D eigenvalue weighted by molar-refractivity contribution is 4.87. The third-order valence-electron chi connectivity index (χ3n) is 4.53. The van der Waals surface area contributed by atoms with Crippen LogP contribution < -0.4 is 0 Å². The number of ether oxygens (including phenoxy) is 2. The van der Waals surface area contributed by atoms with Crippen molar-refractivity contribution in [1.82, 2.24) is 9.80 Å². The van der Waals surface area contributed by atoms with E-state index in [2.05, 4.69) is 92.9 Å². The normalized spacial score (nSPS) is 14.5. The second-order valence-electron chi connectivity index (χ2n) is 11.2. The molecule has 0 radical (unpaired) electrons. The van der Waals surface area contributed by atoms with Crippen molar-refractivity contribution in [2.75, 3.05) is 39.5 Å². The largest absolute Gasteiger partial charge is 0.378 e. The summed E-state index contributed by atoms with van der Waals surface area (Å²) in [4.78, 5) is 4.98. The molecule has 0 aromatic carbocycles. The Hall–Kier alpha value is -0.160. The molecule has 0 aromatic rings. The third-order valence-corrected chi connectivity index (χ3v) is 4.53. The lowest BCUT2D eigenvalue weighted by molar-refractivity contribution is -0.0216. The van der Waals surface area contributed by atoms with Crippen LogP contribution in [0.4, 0.5) is 0 Å². The Morgan fingerprint density at radius 3 is 0.846 bits per heavy atom. The summed E-state index contributed by atoms with van der Waals surface area (Å²) in [6.07, 6.45) is 0. The topological polar surface area (TPSA) is 24.9 Å². The van der Waals surface area contributed by atoms with Gasteiger partial charge < -0.3 is 9.47 Å². The van der Waals surface area contributed by atoms with Crippen LogP contribution in [0.3, 0.4) is 0 Å². The Morgan fingerprint density at radius 2 is 0.654 bits per heavy atom. The minimum absolute atomic E-state index is 0.140. The lowest BCUT2D eigenvalue weighted by atomic mass is 9.96. The summed E-state index contributed by atoms with van der Waals surface area (Å²) in [5.74, 6) is 0. The first-order valence-corrected chi connectivity index (χ1v) is 10.2. The van der Waals surface area contributed by atoms with E-state index in [1.807, 2.05) is 0 Å². The van der Waals surface area contributed by atoms with Crippen molar-refractivity contribution in [3.63, 3.8) is 0 Å². The molecule has 0 N–H and O–H groups in total. The molecule has 158 valence electrons. The molecule has 0 aliphatic heterocycles. The molecule has 0 amide bonds. The molecule has 0 atom stereocenters. The van der Waals surface area contributed by atoms with Crippen LogP contribution in [-0.2, 0) is 9.47 Å². The zero-order chi connectivity index (χ0) is 20.8. The van der Waals surface area contributed by atoms with Crippen molar-refractivity contribution in [1.29, 1.82) is 0 Å². The first kappa shape index (κ1) is 25.8. The smallest absolute Gasteiger partial charge is 0.0701 e. The Bertz CT molecular complexity index is 315. The molecule has 0 rings (SSSR count). The van der Waals surface area contributed by atoms with Crippen LogP contribution in [-0.4, -0.2) is 71.5 Å². The SMILES string of the molecule is CC(C)(C)N(CCOCCOCCN(C(C)(C)C)C(C)(C)C)C(C)(C)C. The monoisotopic (exact) mass is 372 g/mol. The Morgan fingerprint density at radius 1 is 0.423 bits per heavy atom. The Kier molecular flexibility index (Phi) is 9.80. The summed E-state index contributed by atoms with van der Waals surface area (Å²) in [6.45, 7) is 31.8. The zero-order valence-electron chi connectivity index (χ0n) is 20.0. The lowest BCUT2D eigenvalue weighted by Gasteiger charge is -2.45. The summed E-state index contributed by atoms with van der Waals surface area (Å²) in [6, 6.07) is 0. The van der Waals surface area contributed by atoms with Gasteiger partial charge in [0.05, 0.1) is 26.4 Å². The average molecular weight is 373 g/mol. The van der Waals surface area contributed by atoms with Gasteiger partial charge in [-0.2, -0.15) is 0 Å². The molecule has 0 saturated carbocycles. The fraction of sp³-hybridized carbons (Fsp3) is 1.00. The van der Waals surface area contributed by atoms with Gasteiger partial charge in [-0.1, -0.05) is 0 Å². The van der Waals surface area contributed by atoms with Gasteiger partial charge in [0.2, 0.25) is 0 Å². The first-order chi connectivity index (χ1) is 11.5. The van der Waals surface area contributed by atoms with Crippen molar-refractivity contribution < 1.29 is 9.47 Å². The van der Waals surface area contributed by atoms with Gasteiger partial charge in [0, 0.05) is 35.2 Å². The van der Waals surface area contributed by atoms with Crippen LogP contribution in [0, 0.1) is 0 Å². The predicted octanol–water partition coefficient (Wildman–Crippen LogP) is 4.82. The summed E-state index contributed by atoms with van der Waals surface area (Å²) in [5, 5.41) is 0. The molecule has 0 aliphatic carbocycles. The summed E-state index contributed by atoms with van der Waals surface area (Å²) >= 11 is 0. The van der Waals surface area contributed by atoms with Crippen molar-refractivity contribution in [3.8, 4) is 0 Å². The molecule has 0 saturated heterocycles. The number of hydrogen-bond donors (Lipinski definition) is 0. The van der Waals surface area contributed by atoms with Gasteiger partial charge in [-0.3, -0.25) is 9.80 Å². The quantitative estimate of drug-likeness (QED) is 0.542. The highest BCUT2D eigenvalue weighted by atomic mass is 16.5. The number of rotatable bonds is 9. The molecule has 26 heavy (non-hydrogen) atoms. The van der Waals surface area contributed by atoms with Gasteiger partial charge in [-0.15, -0.1) is 0 Å². The van der Waals surface area contributed by atoms with Crippen LogP contribution in [0.1, 0.15) is 83.1 Å². The van der Waals surface area contributed by atoms with Crippen LogP contribution in [0.2, 0.25) is 0 Å². The van der Waals surface area contributed by atoms with E-state index in [1.165, 1.54) is 0 Å². The third kappa shape index (κ3) is 10.2. The fourth-order valence-electron chi connectivity index (χ4n) is 3.99. The van der Waals surface area contributed by atoms with E-state index < -0.39 is 0 Å². The summed E-state index contributed by atoms with van der Waals surface area (Å²) < 4.78 is 11.6. The van der Waals surface area contributed by atoms with Gasteiger partial charge in [0.15, 0.2) is 0 Å². The summed E-state index contributed by atoms with van der Waals surface area (Å²) in [5.41, 5.74) is 0.561. The van der Waals surface area contributed by atoms with Gasteiger partial charge in [0.25, 0.3) is 0 Å². The van der Waals surface area contributed by atoms with Crippen molar-refractivity contribution in [3.05, 3.63) is 0 Å². The van der Waals surface area contributed by atoms with Crippen molar-refractivity contribution in [2.45, 2.75) is 105 Å². The van der Waals surface area contributed by atoms with Gasteiger partial charge in [-0.05, 0) is 83.1 Å². The zero-order valence-corrected chi connectivity index (χ0v) is 20.0. The van der Waals surface area contributed by atoms with Crippen molar-refractivity contribution >= 4 is 0 Å². The number of nitrogens with zero attached hydrogens (tertiary/aromatic N) is 2. The lowest BCUT2D eigenvalue weighted by Crippen LogP contribution is -2.54. The maximum atomic E-state index is 5.82. The molecule has 4 heteroatoms. The van der Waals surface area contributed by atoms with E-state index in [-0.39, 0.29) is 22.2 Å². The van der Waals surface area contributed by atoms with Gasteiger partial charge >= 0.3 is 0 Å². The molecule has 0 fully saturated rings. The van der Waals surface area contributed by atoms with Gasteiger partial charge in [-0.25, -0.2) is 0 Å². The molecule has 0 unspecified atom stereocenters. The van der Waals surface area contributed by atoms with E-state index in [4.69, 9.17) is 9.47 Å². The second kappa shape index (κ2) is 9.86. The van der Waals surface area contributed by atoms with Crippen LogP contribution in [0.15, 0.2) is 0 Å². The van der Waals surface area contributed by atoms with E-state index in [1.54, 1.807) is 0 Å². The molecule has 0 aromatic heterocycles. The molecule has 4 nitrogen and oxygen atoms in total. The molecular formula is C22H48N2O2. The average Bonchev–Trinajstić information content (AvgIpc) is 2.34. The van der Waals surface area contributed by atoms with E-state index in [0.717, 1.165) is 26.3 Å². The Labute approximate surface area is 164 Å². The molecule has 0 heterocycles. The highest BCUT2D eigenvalue weighted by Crippen LogP contribution is 2.25. The van der Waals surface area contributed by atoms with E-state index in [0.29, 0.717) is 13.2 Å². The minimum Gasteiger partial charge on any atom is -0.378 e. The molecule has 0 aliphatic rings. The standard InChI is InChI=1S/C22H48N2O2/c1-19(2,3)23(20(4,5)6)13-15-25-17-18-26-16-14-24(21(7,8)9)22(10,11)12/h13-18H2,1-12H3. The maximum absolute atomic E-state index is 5.82. The molecular weight excluding hydrogens is 324 g/mol. The maximum Gasteiger partial charge on any atom is 0.0701 e. The van der Waals surface area contributed by atoms with Crippen molar-refractivity contribution in [2.24, 2.45) is 0 Å². The van der Waals surface area contributed by atoms with Crippen LogP contribution >= 0.6 is 0 Å². The fourth-order valence-corrected chi connectivity index (χ4v) is 3.99. The number of hydrogen-bond acceptors (Lipinski definition) is 4. The molecule has 0 bridgehead atoms. The molecule has 0 spiro atoms. The minimum atomic E-state index is 0.140. The predicted molar refractivity (Wildman–Crippen MR) is 114 cm³/mol. The van der Waals surface area contributed by atoms with Crippen LogP contribution in [0.5, 0.6) is 0 Å². The van der Waals surface area contributed by atoms with Gasteiger partial charge in [0.1, 0.15) is 0 Å². The van der Waals surface area contributed by atoms with E-state index in [9.17, 15) is 0 Å². The highest BCUT2D eigenvalue weighted by Gasteiger charge is 2.31. The first-order valence-electron chi connectivity index (χ1n) is 10.2. The van der Waals surface area contributed by atoms with Crippen LogP contribution in [0.25, 0.3) is 0 Å². The second-order valence-corrected chi connectivity index (χ2v) is 11.2. The Balaban J connectivity index is 4.08.